The van der Waals surface area contributed by atoms with Gasteiger partial charge in [0.25, 0.3) is 0 Å². The molecule has 3 aromatic carbocycles. The standard InChI is InChI=1S/C24H20O3/c1-16-8-10-19(11-9-16)15-26-20-12-17(2)23-21(14-20)27-22(24(23)25)13-18-6-4-3-5-7-18/h3-14H,15H2,1-2H3/b22-13-. The van der Waals surface area contributed by atoms with Crippen molar-refractivity contribution in [1.82, 2.24) is 0 Å². The summed E-state index contributed by atoms with van der Waals surface area (Å²) in [6, 6.07) is 21.6. The lowest BCUT2D eigenvalue weighted by atomic mass is 10.0. The molecule has 1 heterocycles. The van der Waals surface area contributed by atoms with E-state index in [4.69, 9.17) is 9.47 Å². The summed E-state index contributed by atoms with van der Waals surface area (Å²) in [6.45, 7) is 4.44. The third kappa shape index (κ3) is 3.63. The van der Waals surface area contributed by atoms with E-state index in [2.05, 4.69) is 31.2 Å². The van der Waals surface area contributed by atoms with Crippen molar-refractivity contribution >= 4 is 11.9 Å². The molecular weight excluding hydrogens is 336 g/mol. The van der Waals surface area contributed by atoms with E-state index in [1.165, 1.54) is 5.56 Å². The number of carbonyl (C=O) groups excluding carboxylic acids is 1. The Balaban J connectivity index is 1.56. The van der Waals surface area contributed by atoms with E-state index >= 15 is 0 Å². The van der Waals surface area contributed by atoms with E-state index in [1.54, 1.807) is 12.1 Å². The zero-order chi connectivity index (χ0) is 18.8. The first-order chi connectivity index (χ1) is 13.1. The third-order valence-corrected chi connectivity index (χ3v) is 4.57. The van der Waals surface area contributed by atoms with Crippen molar-refractivity contribution in [1.29, 1.82) is 0 Å². The first kappa shape index (κ1) is 17.1. The predicted octanol–water partition coefficient (Wildman–Crippen LogP) is 5.50. The Morgan fingerprint density at radius 2 is 1.70 bits per heavy atom. The molecule has 1 aliphatic heterocycles. The number of carbonyl (C=O) groups is 1. The van der Waals surface area contributed by atoms with Crippen LogP contribution in [0.15, 0.2) is 72.5 Å². The first-order valence-corrected chi connectivity index (χ1v) is 8.92. The molecule has 0 bridgehead atoms. The van der Waals surface area contributed by atoms with Gasteiger partial charge in [-0.1, -0.05) is 60.2 Å². The molecule has 0 saturated carbocycles. The van der Waals surface area contributed by atoms with Crippen LogP contribution in [0.3, 0.4) is 0 Å². The summed E-state index contributed by atoms with van der Waals surface area (Å²) in [5.74, 6) is 1.51. The summed E-state index contributed by atoms with van der Waals surface area (Å²) in [5, 5.41) is 0. The number of Topliss-reactive ketones (excluding diaryl/α,β-unsaturated/α-hetero) is 1. The number of aryl methyl sites for hydroxylation is 2. The predicted molar refractivity (Wildman–Crippen MR) is 106 cm³/mol. The van der Waals surface area contributed by atoms with Crippen LogP contribution in [0.25, 0.3) is 6.08 Å². The molecular formula is C24H20O3. The van der Waals surface area contributed by atoms with Crippen molar-refractivity contribution in [3.05, 3.63) is 100 Å². The fourth-order valence-corrected chi connectivity index (χ4v) is 3.11. The molecule has 1 aliphatic rings. The summed E-state index contributed by atoms with van der Waals surface area (Å²) >= 11 is 0. The van der Waals surface area contributed by atoms with Gasteiger partial charge in [0.1, 0.15) is 18.1 Å². The monoisotopic (exact) mass is 356 g/mol. The molecule has 134 valence electrons. The molecule has 0 unspecified atom stereocenters. The number of ether oxygens (including phenoxy) is 2. The number of hydrogen-bond acceptors (Lipinski definition) is 3. The molecule has 4 rings (SSSR count). The molecule has 0 spiro atoms. The molecule has 0 amide bonds. The molecule has 27 heavy (non-hydrogen) atoms. The van der Waals surface area contributed by atoms with Gasteiger partial charge in [0, 0.05) is 6.07 Å². The quantitative estimate of drug-likeness (QED) is 0.579. The van der Waals surface area contributed by atoms with Crippen LogP contribution in [0.2, 0.25) is 0 Å². The number of fused-ring (bicyclic) bond motifs is 1. The largest absolute Gasteiger partial charge is 0.489 e. The van der Waals surface area contributed by atoms with Crippen LogP contribution in [0, 0.1) is 13.8 Å². The van der Waals surface area contributed by atoms with Gasteiger partial charge in [-0.25, -0.2) is 0 Å². The van der Waals surface area contributed by atoms with Crippen molar-refractivity contribution in [3.8, 4) is 11.5 Å². The minimum atomic E-state index is -0.0866. The smallest absolute Gasteiger partial charge is 0.232 e. The molecule has 0 N–H and O–H groups in total. The number of hydrogen-bond donors (Lipinski definition) is 0. The maximum absolute atomic E-state index is 12.7. The van der Waals surface area contributed by atoms with E-state index in [-0.39, 0.29) is 5.78 Å². The van der Waals surface area contributed by atoms with Gasteiger partial charge >= 0.3 is 0 Å². The Morgan fingerprint density at radius 1 is 0.963 bits per heavy atom. The van der Waals surface area contributed by atoms with Crippen LogP contribution in [-0.4, -0.2) is 5.78 Å². The number of benzene rings is 3. The van der Waals surface area contributed by atoms with E-state index in [1.807, 2.05) is 43.3 Å². The minimum Gasteiger partial charge on any atom is -0.489 e. The summed E-state index contributed by atoms with van der Waals surface area (Å²) in [5.41, 5.74) is 4.71. The average Bonchev–Trinajstić information content (AvgIpc) is 2.98. The molecule has 0 fully saturated rings. The Bertz CT molecular complexity index is 1020. The van der Waals surface area contributed by atoms with Gasteiger partial charge in [0.15, 0.2) is 5.76 Å². The maximum Gasteiger partial charge on any atom is 0.232 e. The van der Waals surface area contributed by atoms with Crippen molar-refractivity contribution in [3.63, 3.8) is 0 Å². The molecule has 0 atom stereocenters. The summed E-state index contributed by atoms with van der Waals surface area (Å²) in [7, 11) is 0. The highest BCUT2D eigenvalue weighted by Gasteiger charge is 2.29. The normalized spacial score (nSPS) is 14.1. The van der Waals surface area contributed by atoms with Crippen LogP contribution < -0.4 is 9.47 Å². The van der Waals surface area contributed by atoms with E-state index in [0.29, 0.717) is 29.4 Å². The Hall–Kier alpha value is -3.33. The second-order valence-corrected chi connectivity index (χ2v) is 6.74. The fourth-order valence-electron chi connectivity index (χ4n) is 3.11. The highest BCUT2D eigenvalue weighted by Crippen LogP contribution is 2.37. The van der Waals surface area contributed by atoms with Gasteiger partial charge in [-0.3, -0.25) is 4.79 Å². The van der Waals surface area contributed by atoms with Gasteiger partial charge < -0.3 is 9.47 Å². The number of rotatable bonds is 4. The summed E-state index contributed by atoms with van der Waals surface area (Å²) in [4.78, 5) is 12.7. The van der Waals surface area contributed by atoms with Crippen molar-refractivity contribution < 1.29 is 14.3 Å². The van der Waals surface area contributed by atoms with E-state index in [0.717, 1.165) is 16.7 Å². The fraction of sp³-hybridized carbons (Fsp3) is 0.125. The summed E-state index contributed by atoms with van der Waals surface area (Å²) < 4.78 is 11.8. The third-order valence-electron chi connectivity index (χ3n) is 4.57. The first-order valence-electron chi connectivity index (χ1n) is 8.92. The van der Waals surface area contributed by atoms with Crippen molar-refractivity contribution in [2.75, 3.05) is 0 Å². The topological polar surface area (TPSA) is 35.5 Å². The highest BCUT2D eigenvalue weighted by atomic mass is 16.5. The lowest BCUT2D eigenvalue weighted by Crippen LogP contribution is -2.00. The van der Waals surface area contributed by atoms with E-state index in [9.17, 15) is 4.79 Å². The zero-order valence-electron chi connectivity index (χ0n) is 15.4. The lowest BCUT2D eigenvalue weighted by molar-refractivity contribution is 0.101. The van der Waals surface area contributed by atoms with Crippen molar-refractivity contribution in [2.24, 2.45) is 0 Å². The van der Waals surface area contributed by atoms with Gasteiger partial charge in [0.05, 0.1) is 5.56 Å². The van der Waals surface area contributed by atoms with E-state index < -0.39 is 0 Å². The van der Waals surface area contributed by atoms with Gasteiger partial charge in [-0.05, 0) is 42.7 Å². The second kappa shape index (κ2) is 7.12. The molecule has 3 heteroatoms. The van der Waals surface area contributed by atoms with Crippen LogP contribution in [0.5, 0.6) is 11.5 Å². The Morgan fingerprint density at radius 3 is 2.44 bits per heavy atom. The van der Waals surface area contributed by atoms with Crippen LogP contribution >= 0.6 is 0 Å². The molecule has 3 nitrogen and oxygen atoms in total. The van der Waals surface area contributed by atoms with Gasteiger partial charge in [0.2, 0.25) is 5.78 Å². The molecule has 0 radical (unpaired) electrons. The van der Waals surface area contributed by atoms with Gasteiger partial charge in [-0.2, -0.15) is 0 Å². The highest BCUT2D eigenvalue weighted by molar-refractivity contribution is 6.15. The SMILES string of the molecule is Cc1ccc(COc2cc(C)c3c(c2)O/C(=C\c2ccccc2)C3=O)cc1. The molecule has 0 aromatic heterocycles. The summed E-state index contributed by atoms with van der Waals surface area (Å²) in [6.07, 6.45) is 1.77. The van der Waals surface area contributed by atoms with Crippen LogP contribution in [0.4, 0.5) is 0 Å². The number of allylic oxidation sites excluding steroid dienone is 1. The average molecular weight is 356 g/mol. The molecule has 0 saturated heterocycles. The Labute approximate surface area is 158 Å². The minimum absolute atomic E-state index is 0.0866. The zero-order valence-corrected chi connectivity index (χ0v) is 15.4. The number of ketones is 1. The van der Waals surface area contributed by atoms with Gasteiger partial charge in [-0.15, -0.1) is 0 Å². The molecule has 0 aliphatic carbocycles. The second-order valence-electron chi connectivity index (χ2n) is 6.74. The molecule has 3 aromatic rings. The lowest BCUT2D eigenvalue weighted by Gasteiger charge is -2.09. The Kier molecular flexibility index (Phi) is 4.51. The van der Waals surface area contributed by atoms with Crippen molar-refractivity contribution in [2.45, 2.75) is 20.5 Å². The van der Waals surface area contributed by atoms with Crippen LogP contribution in [0.1, 0.15) is 32.6 Å². The maximum atomic E-state index is 12.7. The van der Waals surface area contributed by atoms with Crippen LogP contribution in [-0.2, 0) is 6.61 Å².